The van der Waals surface area contributed by atoms with Crippen LogP contribution in [0.2, 0.25) is 0 Å². The number of anilines is 1. The molecular weight excluding hydrogens is 256 g/mol. The van der Waals surface area contributed by atoms with E-state index in [0.29, 0.717) is 12.3 Å². The second-order valence-corrected chi connectivity index (χ2v) is 5.15. The molecule has 5 heteroatoms. The molecule has 1 aromatic rings. The average Bonchev–Trinajstić information content (AvgIpc) is 3.21. The van der Waals surface area contributed by atoms with Gasteiger partial charge in [0.15, 0.2) is 0 Å². The number of benzene rings is 1. The maximum absolute atomic E-state index is 12.4. The number of esters is 1. The number of nitrogens with two attached hydrogens (primary N) is 1. The molecule has 3 N–H and O–H groups in total. The number of nitrogens with one attached hydrogen (secondary N) is 1. The predicted octanol–water partition coefficient (Wildman–Crippen LogP) is 1.37. The van der Waals surface area contributed by atoms with Crippen LogP contribution in [0.3, 0.4) is 0 Å². The number of hydrogen-bond acceptors (Lipinski definition) is 4. The van der Waals surface area contributed by atoms with Gasteiger partial charge in [-0.05, 0) is 44.4 Å². The van der Waals surface area contributed by atoms with Gasteiger partial charge in [-0.25, -0.2) is 4.79 Å². The summed E-state index contributed by atoms with van der Waals surface area (Å²) in [5.74, 6) is -0.531. The molecule has 1 aliphatic carbocycles. The molecule has 20 heavy (non-hydrogen) atoms. The Morgan fingerprint density at radius 3 is 2.45 bits per heavy atom. The smallest absolute Gasteiger partial charge is 0.328 e. The molecule has 1 saturated carbocycles. The first-order chi connectivity index (χ1) is 9.49. The van der Waals surface area contributed by atoms with Crippen molar-refractivity contribution >= 4 is 17.6 Å². The molecule has 0 saturated heterocycles. The molecule has 0 bridgehead atoms. The van der Waals surface area contributed by atoms with Crippen LogP contribution in [0.4, 0.5) is 5.69 Å². The van der Waals surface area contributed by atoms with E-state index in [2.05, 4.69) is 5.32 Å². The Morgan fingerprint density at radius 1 is 1.35 bits per heavy atom. The average molecular weight is 276 g/mol. The van der Waals surface area contributed by atoms with Crippen molar-refractivity contribution in [3.05, 3.63) is 29.8 Å². The van der Waals surface area contributed by atoms with Crippen molar-refractivity contribution < 1.29 is 14.3 Å². The third kappa shape index (κ3) is 2.76. The lowest BCUT2D eigenvalue weighted by atomic mass is 9.94. The Hall–Kier alpha value is -2.04. The molecule has 0 aromatic heterocycles. The molecule has 1 aromatic carbocycles. The maximum Gasteiger partial charge on any atom is 0.328 e. The summed E-state index contributed by atoms with van der Waals surface area (Å²) in [6.45, 7) is 3.68. The summed E-state index contributed by atoms with van der Waals surface area (Å²) in [7, 11) is 0. The number of carbonyl (C=O) groups is 2. The SMILES string of the molecule is CCOC(=O)C(C)NC(=O)C1(c2ccc(N)cc2)CC1. The largest absolute Gasteiger partial charge is 0.464 e. The van der Waals surface area contributed by atoms with E-state index in [4.69, 9.17) is 10.5 Å². The van der Waals surface area contributed by atoms with Crippen LogP contribution < -0.4 is 11.1 Å². The molecule has 1 amide bonds. The molecule has 1 unspecified atom stereocenters. The lowest BCUT2D eigenvalue weighted by Crippen LogP contribution is -2.44. The van der Waals surface area contributed by atoms with Gasteiger partial charge in [-0.15, -0.1) is 0 Å². The highest BCUT2D eigenvalue weighted by Crippen LogP contribution is 2.48. The van der Waals surface area contributed by atoms with E-state index in [1.54, 1.807) is 26.0 Å². The first kappa shape index (κ1) is 14.4. The van der Waals surface area contributed by atoms with Gasteiger partial charge in [0, 0.05) is 5.69 Å². The third-order valence-corrected chi connectivity index (χ3v) is 3.64. The summed E-state index contributed by atoms with van der Waals surface area (Å²) >= 11 is 0. The molecule has 108 valence electrons. The highest BCUT2D eigenvalue weighted by molar-refractivity contribution is 5.94. The van der Waals surface area contributed by atoms with Crippen molar-refractivity contribution in [2.45, 2.75) is 38.1 Å². The van der Waals surface area contributed by atoms with Crippen molar-refractivity contribution in [2.24, 2.45) is 0 Å². The number of nitrogen functional groups attached to an aromatic ring is 1. The monoisotopic (exact) mass is 276 g/mol. The molecule has 1 fully saturated rings. The first-order valence-electron chi connectivity index (χ1n) is 6.83. The minimum atomic E-state index is -0.631. The molecule has 1 atom stereocenters. The van der Waals surface area contributed by atoms with Gasteiger partial charge in [-0.2, -0.15) is 0 Å². The number of rotatable bonds is 5. The van der Waals surface area contributed by atoms with Crippen LogP contribution >= 0.6 is 0 Å². The second-order valence-electron chi connectivity index (χ2n) is 5.15. The summed E-state index contributed by atoms with van der Waals surface area (Å²) in [5.41, 5.74) is 6.77. The first-order valence-corrected chi connectivity index (χ1v) is 6.83. The quantitative estimate of drug-likeness (QED) is 0.628. The lowest BCUT2D eigenvalue weighted by Gasteiger charge is -2.19. The molecular formula is C15H20N2O3. The Kier molecular flexibility index (Phi) is 3.97. The number of hydrogen-bond donors (Lipinski definition) is 2. The summed E-state index contributed by atoms with van der Waals surface area (Å²) < 4.78 is 4.89. The zero-order chi connectivity index (χ0) is 14.8. The highest BCUT2D eigenvalue weighted by Gasteiger charge is 2.51. The van der Waals surface area contributed by atoms with Crippen molar-refractivity contribution in [3.63, 3.8) is 0 Å². The molecule has 5 nitrogen and oxygen atoms in total. The number of ether oxygens (including phenoxy) is 1. The van der Waals surface area contributed by atoms with Gasteiger partial charge >= 0.3 is 5.97 Å². The standard InChI is InChI=1S/C15H20N2O3/c1-3-20-13(18)10(2)17-14(19)15(8-9-15)11-4-6-12(16)7-5-11/h4-7,10H,3,8-9,16H2,1-2H3,(H,17,19). The van der Waals surface area contributed by atoms with Crippen LogP contribution in [0.15, 0.2) is 24.3 Å². The molecule has 0 aliphatic heterocycles. The minimum absolute atomic E-state index is 0.122. The summed E-state index contributed by atoms with van der Waals surface area (Å²) in [6, 6.07) is 6.69. The van der Waals surface area contributed by atoms with E-state index in [0.717, 1.165) is 18.4 Å². The second kappa shape index (κ2) is 5.53. The van der Waals surface area contributed by atoms with Gasteiger partial charge in [-0.1, -0.05) is 12.1 Å². The van der Waals surface area contributed by atoms with E-state index >= 15 is 0 Å². The Morgan fingerprint density at radius 2 is 1.95 bits per heavy atom. The van der Waals surface area contributed by atoms with Crippen LogP contribution in [0.25, 0.3) is 0 Å². The van der Waals surface area contributed by atoms with Crippen molar-refractivity contribution in [2.75, 3.05) is 12.3 Å². The summed E-state index contributed by atoms with van der Waals surface area (Å²) in [5, 5.41) is 2.74. The van der Waals surface area contributed by atoms with E-state index < -0.39 is 17.4 Å². The highest BCUT2D eigenvalue weighted by atomic mass is 16.5. The Balaban J connectivity index is 2.05. The van der Waals surface area contributed by atoms with Gasteiger partial charge in [0.2, 0.25) is 5.91 Å². The Bertz CT molecular complexity index is 506. The fraction of sp³-hybridized carbons (Fsp3) is 0.467. The summed E-state index contributed by atoms with van der Waals surface area (Å²) in [4.78, 5) is 23.9. The van der Waals surface area contributed by atoms with Crippen LogP contribution in [0, 0.1) is 0 Å². The molecule has 0 spiro atoms. The van der Waals surface area contributed by atoms with E-state index in [1.807, 2.05) is 12.1 Å². The van der Waals surface area contributed by atoms with E-state index in [-0.39, 0.29) is 5.91 Å². The van der Waals surface area contributed by atoms with Crippen molar-refractivity contribution in [1.29, 1.82) is 0 Å². The van der Waals surface area contributed by atoms with Crippen molar-refractivity contribution in [3.8, 4) is 0 Å². The Labute approximate surface area is 118 Å². The summed E-state index contributed by atoms with van der Waals surface area (Å²) in [6.07, 6.45) is 1.58. The predicted molar refractivity (Wildman–Crippen MR) is 76.0 cm³/mol. The number of carbonyl (C=O) groups excluding carboxylic acids is 2. The molecule has 1 aliphatic rings. The van der Waals surface area contributed by atoms with Gasteiger partial charge in [0.05, 0.1) is 12.0 Å². The van der Waals surface area contributed by atoms with Crippen LogP contribution in [0.5, 0.6) is 0 Å². The van der Waals surface area contributed by atoms with Gasteiger partial charge in [0.1, 0.15) is 6.04 Å². The topological polar surface area (TPSA) is 81.4 Å². The fourth-order valence-electron chi connectivity index (χ4n) is 2.23. The number of amides is 1. The lowest BCUT2D eigenvalue weighted by molar-refractivity contribution is -0.147. The van der Waals surface area contributed by atoms with Gasteiger partial charge in [0.25, 0.3) is 0 Å². The van der Waals surface area contributed by atoms with E-state index in [1.165, 1.54) is 0 Å². The van der Waals surface area contributed by atoms with Gasteiger partial charge in [-0.3, -0.25) is 4.79 Å². The zero-order valence-electron chi connectivity index (χ0n) is 11.8. The molecule has 0 radical (unpaired) electrons. The van der Waals surface area contributed by atoms with Gasteiger partial charge < -0.3 is 15.8 Å². The third-order valence-electron chi connectivity index (χ3n) is 3.64. The molecule has 0 heterocycles. The molecule has 2 rings (SSSR count). The fourth-order valence-corrected chi connectivity index (χ4v) is 2.23. The van der Waals surface area contributed by atoms with Crippen LogP contribution in [-0.2, 0) is 19.7 Å². The van der Waals surface area contributed by atoms with Crippen molar-refractivity contribution in [1.82, 2.24) is 5.32 Å². The maximum atomic E-state index is 12.4. The van der Waals surface area contributed by atoms with Crippen LogP contribution in [0.1, 0.15) is 32.3 Å². The van der Waals surface area contributed by atoms with Crippen LogP contribution in [-0.4, -0.2) is 24.5 Å². The zero-order valence-corrected chi connectivity index (χ0v) is 11.8. The normalized spacial score (nSPS) is 17.1. The van der Waals surface area contributed by atoms with E-state index in [9.17, 15) is 9.59 Å². The minimum Gasteiger partial charge on any atom is -0.464 e.